The van der Waals surface area contributed by atoms with E-state index in [1.54, 1.807) is 0 Å². The van der Waals surface area contributed by atoms with Gasteiger partial charge in [-0.2, -0.15) is 0 Å². The van der Waals surface area contributed by atoms with Crippen molar-refractivity contribution in [2.75, 3.05) is 11.9 Å². The van der Waals surface area contributed by atoms with E-state index in [0.717, 1.165) is 17.8 Å². The van der Waals surface area contributed by atoms with Crippen LogP contribution in [-0.2, 0) is 5.41 Å². The minimum atomic E-state index is 0.0370. The van der Waals surface area contributed by atoms with Crippen LogP contribution in [0.3, 0.4) is 0 Å². The molecule has 0 bridgehead atoms. The molecule has 2 heteroatoms. The van der Waals surface area contributed by atoms with Gasteiger partial charge in [-0.15, -0.1) is 0 Å². The zero-order valence-corrected chi connectivity index (χ0v) is 13.2. The van der Waals surface area contributed by atoms with Gasteiger partial charge in [-0.1, -0.05) is 57.2 Å². The molecule has 0 aliphatic rings. The molecule has 0 amide bonds. The number of pyridine rings is 1. The van der Waals surface area contributed by atoms with Crippen LogP contribution in [0.4, 0.5) is 5.69 Å². The van der Waals surface area contributed by atoms with Crippen LogP contribution in [0.5, 0.6) is 0 Å². The van der Waals surface area contributed by atoms with Crippen LogP contribution in [0, 0.1) is 0 Å². The normalized spacial score (nSPS) is 12.0. The van der Waals surface area contributed by atoms with Crippen LogP contribution in [0.2, 0.25) is 0 Å². The number of fused-ring (bicyclic) bond motifs is 3. The van der Waals surface area contributed by atoms with Gasteiger partial charge in [0, 0.05) is 34.1 Å². The summed E-state index contributed by atoms with van der Waals surface area (Å²) < 4.78 is 0. The van der Waals surface area contributed by atoms with E-state index in [4.69, 9.17) is 4.98 Å². The highest BCUT2D eigenvalue weighted by Crippen LogP contribution is 2.33. The molecule has 3 aromatic rings. The lowest BCUT2D eigenvalue weighted by molar-refractivity contribution is 0.572. The minimum Gasteiger partial charge on any atom is -0.385 e. The van der Waals surface area contributed by atoms with Gasteiger partial charge < -0.3 is 5.32 Å². The lowest BCUT2D eigenvalue weighted by Gasteiger charge is -2.21. The lowest BCUT2D eigenvalue weighted by Crippen LogP contribution is -2.14. The fourth-order valence-electron chi connectivity index (χ4n) is 2.68. The van der Waals surface area contributed by atoms with Crippen molar-refractivity contribution < 1.29 is 0 Å². The Morgan fingerprint density at radius 1 is 1.00 bits per heavy atom. The Morgan fingerprint density at radius 3 is 2.48 bits per heavy atom. The standard InChI is InChI=1S/C19H22N2/c1-5-20-16-12-17(19(2,3)4)21-18-14-9-7-6-8-13(14)10-11-15(16)18/h6-12H,5H2,1-4H3,(H,20,21). The molecular formula is C19H22N2. The molecule has 0 saturated heterocycles. The van der Waals surface area contributed by atoms with Gasteiger partial charge in [0.1, 0.15) is 0 Å². The number of benzene rings is 2. The van der Waals surface area contributed by atoms with Crippen molar-refractivity contribution in [2.24, 2.45) is 0 Å². The summed E-state index contributed by atoms with van der Waals surface area (Å²) in [6.45, 7) is 9.67. The molecule has 0 fully saturated rings. The molecule has 0 saturated carbocycles. The molecule has 0 radical (unpaired) electrons. The average molecular weight is 278 g/mol. The molecular weight excluding hydrogens is 256 g/mol. The van der Waals surface area contributed by atoms with Gasteiger partial charge in [0.25, 0.3) is 0 Å². The van der Waals surface area contributed by atoms with Gasteiger partial charge in [0.15, 0.2) is 0 Å². The van der Waals surface area contributed by atoms with Crippen molar-refractivity contribution in [1.29, 1.82) is 0 Å². The Balaban J connectivity index is 2.42. The van der Waals surface area contributed by atoms with Gasteiger partial charge >= 0.3 is 0 Å². The summed E-state index contributed by atoms with van der Waals surface area (Å²) in [5.74, 6) is 0. The zero-order chi connectivity index (χ0) is 15.0. The van der Waals surface area contributed by atoms with Crippen LogP contribution in [0.15, 0.2) is 42.5 Å². The number of hydrogen-bond donors (Lipinski definition) is 1. The summed E-state index contributed by atoms with van der Waals surface area (Å²) in [4.78, 5) is 4.98. The van der Waals surface area contributed by atoms with E-state index in [0.29, 0.717) is 0 Å². The third-order valence-electron chi connectivity index (χ3n) is 3.84. The van der Waals surface area contributed by atoms with Crippen LogP contribution < -0.4 is 5.32 Å². The van der Waals surface area contributed by atoms with Crippen molar-refractivity contribution in [1.82, 2.24) is 4.98 Å². The summed E-state index contributed by atoms with van der Waals surface area (Å²) >= 11 is 0. The second-order valence-electron chi connectivity index (χ2n) is 6.52. The second-order valence-corrected chi connectivity index (χ2v) is 6.52. The van der Waals surface area contributed by atoms with E-state index < -0.39 is 0 Å². The van der Waals surface area contributed by atoms with E-state index >= 15 is 0 Å². The molecule has 2 nitrogen and oxygen atoms in total. The molecule has 0 unspecified atom stereocenters. The SMILES string of the molecule is CCNc1cc(C(C)(C)C)nc2c1ccc1ccccc12. The van der Waals surface area contributed by atoms with Gasteiger partial charge in [-0.3, -0.25) is 4.98 Å². The number of hydrogen-bond acceptors (Lipinski definition) is 2. The van der Waals surface area contributed by atoms with Crippen molar-refractivity contribution in [2.45, 2.75) is 33.1 Å². The topological polar surface area (TPSA) is 24.9 Å². The van der Waals surface area contributed by atoms with Crippen molar-refractivity contribution in [3.05, 3.63) is 48.2 Å². The van der Waals surface area contributed by atoms with Crippen molar-refractivity contribution in [3.8, 4) is 0 Å². The summed E-state index contributed by atoms with van der Waals surface area (Å²) in [6, 6.07) is 15.0. The summed E-state index contributed by atoms with van der Waals surface area (Å²) in [5.41, 5.74) is 3.44. The van der Waals surface area contributed by atoms with E-state index in [1.807, 2.05) is 0 Å². The van der Waals surface area contributed by atoms with Gasteiger partial charge in [-0.05, 0) is 18.4 Å². The van der Waals surface area contributed by atoms with Crippen molar-refractivity contribution in [3.63, 3.8) is 0 Å². The molecule has 1 heterocycles. The molecule has 21 heavy (non-hydrogen) atoms. The largest absolute Gasteiger partial charge is 0.385 e. The van der Waals surface area contributed by atoms with Gasteiger partial charge in [0.05, 0.1) is 5.52 Å². The van der Waals surface area contributed by atoms with E-state index in [2.05, 4.69) is 75.5 Å². The maximum Gasteiger partial charge on any atom is 0.0804 e. The Labute approximate surface area is 126 Å². The highest BCUT2D eigenvalue weighted by atomic mass is 14.9. The van der Waals surface area contributed by atoms with Crippen LogP contribution in [0.1, 0.15) is 33.4 Å². The van der Waals surface area contributed by atoms with Gasteiger partial charge in [-0.25, -0.2) is 0 Å². The molecule has 2 aromatic carbocycles. The monoisotopic (exact) mass is 278 g/mol. The van der Waals surface area contributed by atoms with Gasteiger partial charge in [0.2, 0.25) is 0 Å². The minimum absolute atomic E-state index is 0.0370. The smallest absolute Gasteiger partial charge is 0.0804 e. The Morgan fingerprint density at radius 2 is 1.76 bits per heavy atom. The first-order chi connectivity index (χ1) is 10.0. The number of aromatic nitrogens is 1. The van der Waals surface area contributed by atoms with Crippen molar-refractivity contribution >= 4 is 27.4 Å². The first-order valence-corrected chi connectivity index (χ1v) is 7.57. The predicted molar refractivity (Wildman–Crippen MR) is 92.1 cm³/mol. The number of anilines is 1. The maximum atomic E-state index is 4.98. The highest BCUT2D eigenvalue weighted by molar-refractivity contribution is 6.09. The number of rotatable bonds is 2. The third kappa shape index (κ3) is 2.46. The Hall–Kier alpha value is -2.09. The predicted octanol–water partition coefficient (Wildman–Crippen LogP) is 5.12. The molecule has 0 spiro atoms. The molecule has 3 rings (SSSR count). The van der Waals surface area contributed by atoms with Crippen LogP contribution in [-0.4, -0.2) is 11.5 Å². The summed E-state index contributed by atoms with van der Waals surface area (Å²) in [7, 11) is 0. The Bertz CT molecular complexity index is 798. The third-order valence-corrected chi connectivity index (χ3v) is 3.84. The summed E-state index contributed by atoms with van der Waals surface area (Å²) in [6.07, 6.45) is 0. The van der Waals surface area contributed by atoms with Crippen LogP contribution in [0.25, 0.3) is 21.7 Å². The fraction of sp³-hybridized carbons (Fsp3) is 0.316. The molecule has 0 atom stereocenters. The molecule has 1 N–H and O–H groups in total. The molecule has 108 valence electrons. The quantitative estimate of drug-likeness (QED) is 0.658. The number of nitrogens with one attached hydrogen (secondary N) is 1. The molecule has 0 aliphatic heterocycles. The first kappa shape index (κ1) is 13.9. The van der Waals surface area contributed by atoms with E-state index in [9.17, 15) is 0 Å². The van der Waals surface area contributed by atoms with E-state index in [1.165, 1.54) is 21.8 Å². The fourth-order valence-corrected chi connectivity index (χ4v) is 2.68. The second kappa shape index (κ2) is 5.03. The Kier molecular flexibility index (Phi) is 3.32. The molecule has 0 aliphatic carbocycles. The molecule has 1 aromatic heterocycles. The first-order valence-electron chi connectivity index (χ1n) is 7.57. The highest BCUT2D eigenvalue weighted by Gasteiger charge is 2.18. The zero-order valence-electron chi connectivity index (χ0n) is 13.2. The lowest BCUT2D eigenvalue weighted by atomic mass is 9.90. The van der Waals surface area contributed by atoms with E-state index in [-0.39, 0.29) is 5.41 Å². The average Bonchev–Trinajstić information content (AvgIpc) is 2.46. The number of nitrogens with zero attached hydrogens (tertiary/aromatic N) is 1. The summed E-state index contributed by atoms with van der Waals surface area (Å²) in [5, 5.41) is 7.15. The van der Waals surface area contributed by atoms with Crippen LogP contribution >= 0.6 is 0 Å². The maximum absolute atomic E-state index is 4.98.